The number of fused-ring (bicyclic) bond motifs is 8. The van der Waals surface area contributed by atoms with Gasteiger partial charge in [-0.2, -0.15) is 0 Å². The minimum absolute atomic E-state index is 0.114. The first-order valence-electron chi connectivity index (χ1n) is 18.4. The molecule has 0 spiro atoms. The standard InChI is InChI=1S/C48H45NO2/c1-46(2,3)34-20-18-33(19-21-34)32-47(4)42-17-11-10-16-40(42)43-38-14-8-9-15-39(38)45-41(44(43)47)26-27-48(51-45,35-12-6-5-7-13-35)36-22-24-37(25-23-36)49-28-30-50-31-29-49/h5-27H,28-32H2,1-4H3. The first kappa shape index (κ1) is 31.8. The third-order valence-electron chi connectivity index (χ3n) is 11.5. The molecule has 1 aliphatic carbocycles. The van der Waals surface area contributed by atoms with E-state index in [1.54, 1.807) is 0 Å². The molecule has 0 bridgehead atoms. The van der Waals surface area contributed by atoms with Crippen LogP contribution in [0.25, 0.3) is 28.0 Å². The Morgan fingerprint density at radius 1 is 0.686 bits per heavy atom. The third-order valence-corrected chi connectivity index (χ3v) is 11.5. The molecule has 6 aromatic rings. The van der Waals surface area contributed by atoms with E-state index in [1.807, 2.05) is 0 Å². The number of morpholine rings is 1. The van der Waals surface area contributed by atoms with Crippen LogP contribution in [0.2, 0.25) is 0 Å². The van der Waals surface area contributed by atoms with Gasteiger partial charge >= 0.3 is 0 Å². The molecule has 1 fully saturated rings. The van der Waals surface area contributed by atoms with Crippen molar-refractivity contribution in [2.24, 2.45) is 0 Å². The van der Waals surface area contributed by atoms with Gasteiger partial charge < -0.3 is 14.4 Å². The third kappa shape index (κ3) is 5.13. The lowest BCUT2D eigenvalue weighted by molar-refractivity contribution is 0.122. The van der Waals surface area contributed by atoms with Gasteiger partial charge in [-0.05, 0) is 68.8 Å². The Kier molecular flexibility index (Phi) is 7.49. The van der Waals surface area contributed by atoms with Gasteiger partial charge in [0.2, 0.25) is 0 Å². The van der Waals surface area contributed by atoms with Crippen LogP contribution in [-0.2, 0) is 27.6 Å². The highest BCUT2D eigenvalue weighted by Gasteiger charge is 2.46. The molecule has 0 N–H and O–H groups in total. The van der Waals surface area contributed by atoms with Gasteiger partial charge in [-0.15, -0.1) is 0 Å². The summed E-state index contributed by atoms with van der Waals surface area (Å²) >= 11 is 0. The van der Waals surface area contributed by atoms with Crippen molar-refractivity contribution in [3.8, 4) is 16.9 Å². The Morgan fingerprint density at radius 2 is 1.33 bits per heavy atom. The van der Waals surface area contributed by atoms with Gasteiger partial charge in [-0.1, -0.05) is 149 Å². The number of nitrogens with zero attached hydrogens (tertiary/aromatic N) is 1. The monoisotopic (exact) mass is 667 g/mol. The summed E-state index contributed by atoms with van der Waals surface area (Å²) in [6, 6.07) is 46.9. The van der Waals surface area contributed by atoms with Crippen LogP contribution in [0, 0.1) is 0 Å². The average Bonchev–Trinajstić information content (AvgIpc) is 3.43. The Hall–Kier alpha value is -5.12. The van der Waals surface area contributed by atoms with Gasteiger partial charge in [-0.3, -0.25) is 0 Å². The molecule has 1 saturated heterocycles. The predicted molar refractivity (Wildman–Crippen MR) is 211 cm³/mol. The highest BCUT2D eigenvalue weighted by molar-refractivity contribution is 6.08. The molecule has 0 saturated carbocycles. The maximum atomic E-state index is 7.59. The lowest BCUT2D eigenvalue weighted by atomic mass is 9.72. The summed E-state index contributed by atoms with van der Waals surface area (Å²) in [5, 5.41) is 2.39. The molecule has 3 heteroatoms. The molecular weight excluding hydrogens is 623 g/mol. The molecule has 2 aliphatic heterocycles. The van der Waals surface area contributed by atoms with Crippen LogP contribution in [0.15, 0.2) is 133 Å². The zero-order chi connectivity index (χ0) is 34.8. The van der Waals surface area contributed by atoms with Crippen LogP contribution in [0.3, 0.4) is 0 Å². The van der Waals surface area contributed by atoms with Gasteiger partial charge in [0.05, 0.1) is 13.2 Å². The summed E-state index contributed by atoms with van der Waals surface area (Å²) in [6.07, 6.45) is 5.58. The van der Waals surface area contributed by atoms with Crippen LogP contribution in [0.4, 0.5) is 5.69 Å². The summed E-state index contributed by atoms with van der Waals surface area (Å²) in [7, 11) is 0. The van der Waals surface area contributed by atoms with Gasteiger partial charge in [0, 0.05) is 46.3 Å². The predicted octanol–water partition coefficient (Wildman–Crippen LogP) is 10.9. The van der Waals surface area contributed by atoms with Crippen molar-refractivity contribution in [3.05, 3.63) is 172 Å². The number of rotatable bonds is 5. The molecule has 2 heterocycles. The molecule has 2 unspecified atom stereocenters. The second-order valence-corrected chi connectivity index (χ2v) is 15.7. The lowest BCUT2D eigenvalue weighted by Gasteiger charge is -2.39. The van der Waals surface area contributed by atoms with Crippen LogP contribution < -0.4 is 9.64 Å². The van der Waals surface area contributed by atoms with E-state index in [1.165, 1.54) is 50.0 Å². The summed E-state index contributed by atoms with van der Waals surface area (Å²) in [5.41, 5.74) is 11.8. The zero-order valence-electron chi connectivity index (χ0n) is 30.1. The van der Waals surface area contributed by atoms with Crippen molar-refractivity contribution in [2.75, 3.05) is 31.2 Å². The van der Waals surface area contributed by atoms with Gasteiger partial charge in [0.25, 0.3) is 0 Å². The van der Waals surface area contributed by atoms with E-state index in [0.717, 1.165) is 55.0 Å². The Balaban J connectivity index is 1.24. The van der Waals surface area contributed by atoms with E-state index in [9.17, 15) is 0 Å². The maximum absolute atomic E-state index is 7.59. The Morgan fingerprint density at radius 3 is 2.06 bits per heavy atom. The highest BCUT2D eigenvalue weighted by atomic mass is 16.5. The molecule has 6 aromatic carbocycles. The number of benzene rings is 6. The fraction of sp³-hybridized carbons (Fsp3) is 0.250. The molecule has 0 radical (unpaired) electrons. The second kappa shape index (κ2) is 12.0. The van der Waals surface area contributed by atoms with E-state index in [0.29, 0.717) is 0 Å². The Labute approximate surface area is 302 Å². The second-order valence-electron chi connectivity index (χ2n) is 15.7. The van der Waals surface area contributed by atoms with Crippen LogP contribution >= 0.6 is 0 Å². The summed E-state index contributed by atoms with van der Waals surface area (Å²) < 4.78 is 13.2. The average molecular weight is 668 g/mol. The van der Waals surface area contributed by atoms with Crippen molar-refractivity contribution in [1.82, 2.24) is 0 Å². The molecular formula is C48H45NO2. The normalized spacial score (nSPS) is 20.8. The largest absolute Gasteiger partial charge is 0.472 e. The van der Waals surface area contributed by atoms with Gasteiger partial charge in [0.1, 0.15) is 5.75 Å². The van der Waals surface area contributed by atoms with Crippen LogP contribution in [0.1, 0.15) is 66.6 Å². The molecule has 0 aromatic heterocycles. The van der Waals surface area contributed by atoms with Crippen molar-refractivity contribution in [2.45, 2.75) is 50.5 Å². The minimum Gasteiger partial charge on any atom is -0.472 e. The minimum atomic E-state index is -0.792. The first-order chi connectivity index (χ1) is 24.8. The number of anilines is 1. The first-order valence-corrected chi connectivity index (χ1v) is 18.4. The van der Waals surface area contributed by atoms with Crippen molar-refractivity contribution >= 4 is 22.5 Å². The van der Waals surface area contributed by atoms with E-state index < -0.39 is 5.60 Å². The molecule has 0 amide bonds. The topological polar surface area (TPSA) is 21.7 Å². The smallest absolute Gasteiger partial charge is 0.178 e. The van der Waals surface area contributed by atoms with Crippen molar-refractivity contribution < 1.29 is 9.47 Å². The summed E-state index contributed by atoms with van der Waals surface area (Å²) in [5.74, 6) is 0.954. The molecule has 2 atom stereocenters. The fourth-order valence-electron chi connectivity index (χ4n) is 8.88. The van der Waals surface area contributed by atoms with E-state index in [-0.39, 0.29) is 10.8 Å². The van der Waals surface area contributed by atoms with Gasteiger partial charge in [-0.25, -0.2) is 0 Å². The number of ether oxygens (including phenoxy) is 2. The molecule has 3 aliphatic rings. The number of hydrogen-bond acceptors (Lipinski definition) is 3. The molecule has 9 rings (SSSR count). The molecule has 3 nitrogen and oxygen atoms in total. The lowest BCUT2D eigenvalue weighted by Crippen LogP contribution is -2.37. The zero-order valence-corrected chi connectivity index (χ0v) is 30.1. The quantitative estimate of drug-likeness (QED) is 0.183. The highest BCUT2D eigenvalue weighted by Crippen LogP contribution is 2.59. The van der Waals surface area contributed by atoms with Crippen molar-refractivity contribution in [1.29, 1.82) is 0 Å². The fourth-order valence-corrected chi connectivity index (χ4v) is 8.88. The summed E-state index contributed by atoms with van der Waals surface area (Å²) in [6.45, 7) is 12.6. The maximum Gasteiger partial charge on any atom is 0.178 e. The number of hydrogen-bond donors (Lipinski definition) is 0. The van der Waals surface area contributed by atoms with E-state index in [4.69, 9.17) is 9.47 Å². The summed E-state index contributed by atoms with van der Waals surface area (Å²) in [4.78, 5) is 2.40. The van der Waals surface area contributed by atoms with E-state index >= 15 is 0 Å². The van der Waals surface area contributed by atoms with Crippen LogP contribution in [0.5, 0.6) is 5.75 Å². The van der Waals surface area contributed by atoms with Crippen molar-refractivity contribution in [3.63, 3.8) is 0 Å². The SMILES string of the molecule is CC(C)(C)c1ccc(CC2(C)c3ccccc3-c3c2c2c(c4ccccc34)OC(c3ccccc3)(c3ccc(N4CCOCC4)cc3)C=C2)cc1. The Bertz CT molecular complexity index is 2270. The molecule has 254 valence electrons. The van der Waals surface area contributed by atoms with Crippen LogP contribution in [-0.4, -0.2) is 26.3 Å². The van der Waals surface area contributed by atoms with Gasteiger partial charge in [0.15, 0.2) is 5.60 Å². The van der Waals surface area contributed by atoms with E-state index in [2.05, 4.69) is 172 Å². The molecule has 51 heavy (non-hydrogen) atoms.